The number of amides is 2. The third-order valence-corrected chi connectivity index (χ3v) is 19.8. The molecule has 16 nitrogen and oxygen atoms in total. The fourth-order valence-electron chi connectivity index (χ4n) is 15.5. The lowest BCUT2D eigenvalue weighted by Gasteiger charge is -2.56. The minimum Gasteiger partial charge on any atom is -0.508 e. The van der Waals surface area contributed by atoms with Crippen molar-refractivity contribution in [2.45, 2.75) is 145 Å². The quantitative estimate of drug-likeness (QED) is 0.107. The molecule has 412 valence electrons. The lowest BCUT2D eigenvalue weighted by molar-refractivity contribution is -0.135. The average Bonchev–Trinajstić information content (AvgIpc) is 4.18. The summed E-state index contributed by atoms with van der Waals surface area (Å²) >= 11 is 0. The second-order valence-electron chi connectivity index (χ2n) is 24.6. The molecule has 6 saturated heterocycles. The summed E-state index contributed by atoms with van der Waals surface area (Å²) in [6.45, 7) is 11.4. The summed E-state index contributed by atoms with van der Waals surface area (Å²) < 4.78 is 42.5. The van der Waals surface area contributed by atoms with Crippen molar-refractivity contribution in [2.24, 2.45) is 12.5 Å². The lowest BCUT2D eigenvalue weighted by Crippen LogP contribution is -2.57. The van der Waals surface area contributed by atoms with Crippen LogP contribution in [0, 0.1) is 17.0 Å². The third kappa shape index (κ3) is 8.92. The van der Waals surface area contributed by atoms with E-state index in [0.717, 1.165) is 95.2 Å². The highest BCUT2D eigenvalue weighted by Crippen LogP contribution is 2.52. The van der Waals surface area contributed by atoms with E-state index >= 15 is 8.78 Å². The molecule has 3 aromatic heterocycles. The highest BCUT2D eigenvalue weighted by atomic mass is 19.1. The first-order valence-electron chi connectivity index (χ1n) is 28.8. The number of ether oxygens (including phenoxy) is 1. The fourth-order valence-corrected chi connectivity index (χ4v) is 15.5. The van der Waals surface area contributed by atoms with Crippen LogP contribution in [0.1, 0.15) is 127 Å². The van der Waals surface area contributed by atoms with Gasteiger partial charge >= 0.3 is 11.7 Å². The van der Waals surface area contributed by atoms with E-state index in [4.69, 9.17) is 14.7 Å². The molecule has 3 aromatic carbocycles. The van der Waals surface area contributed by atoms with Gasteiger partial charge in [0.15, 0.2) is 5.82 Å². The maximum Gasteiger partial charge on any atom is 0.329 e. The summed E-state index contributed by atoms with van der Waals surface area (Å²) in [5, 5.41) is 25.9. The van der Waals surface area contributed by atoms with E-state index in [0.29, 0.717) is 89.9 Å². The van der Waals surface area contributed by atoms with Gasteiger partial charge in [0.25, 0.3) is 0 Å². The van der Waals surface area contributed by atoms with Crippen LogP contribution in [-0.2, 0) is 23.1 Å². The van der Waals surface area contributed by atoms with E-state index in [1.807, 2.05) is 24.8 Å². The number of likely N-dealkylation sites (tertiary alicyclic amines) is 2. The van der Waals surface area contributed by atoms with Crippen molar-refractivity contribution in [1.29, 1.82) is 0 Å². The van der Waals surface area contributed by atoms with Gasteiger partial charge in [-0.1, -0.05) is 19.1 Å². The van der Waals surface area contributed by atoms with Crippen molar-refractivity contribution in [1.82, 2.24) is 44.1 Å². The van der Waals surface area contributed by atoms with Crippen molar-refractivity contribution >= 4 is 50.3 Å². The number of imide groups is 1. The Kier molecular flexibility index (Phi) is 12.9. The zero-order chi connectivity index (χ0) is 53.8. The number of aromatic nitrogens is 5. The topological polar surface area (TPSA) is 174 Å². The summed E-state index contributed by atoms with van der Waals surface area (Å²) in [6.07, 6.45) is 15.1. The molecule has 78 heavy (non-hydrogen) atoms. The maximum absolute atomic E-state index is 17.3. The normalized spacial score (nSPS) is 26.6. The number of fused-ring (bicyclic) bond motifs is 4. The number of phenolic OH excluding ortho intramolecular Hbond substituents is 1. The molecular weight excluding hydrogens is 995 g/mol. The summed E-state index contributed by atoms with van der Waals surface area (Å²) in [6, 6.07) is 12.6. The molecule has 2 unspecified atom stereocenters. The maximum atomic E-state index is 17.3. The van der Waals surface area contributed by atoms with Crippen molar-refractivity contribution in [3.8, 4) is 23.0 Å². The number of pyridine rings is 1. The van der Waals surface area contributed by atoms with Crippen LogP contribution in [0.3, 0.4) is 0 Å². The third-order valence-electron chi connectivity index (χ3n) is 19.8. The highest BCUT2D eigenvalue weighted by molar-refractivity contribution is 6.02. The van der Waals surface area contributed by atoms with Crippen LogP contribution in [0.25, 0.3) is 44.0 Å². The molecule has 9 heterocycles. The zero-order valence-corrected chi connectivity index (χ0v) is 45.2. The molecule has 1 aliphatic carbocycles. The summed E-state index contributed by atoms with van der Waals surface area (Å²) in [5.74, 6) is -1.04. The number of aliphatic hydroxyl groups is 1. The van der Waals surface area contributed by atoms with Gasteiger partial charge in [0.1, 0.15) is 41.2 Å². The molecule has 3 N–H and O–H groups in total. The monoisotopic (exact) mass is 1070 g/mol. The van der Waals surface area contributed by atoms with E-state index in [2.05, 4.69) is 37.1 Å². The second-order valence-corrected chi connectivity index (χ2v) is 24.6. The molecule has 0 radical (unpaired) electrons. The first-order valence-corrected chi connectivity index (χ1v) is 28.8. The minimum atomic E-state index is -0.968. The number of rotatable bonds is 11. The number of carbonyl (C=O) groups excluding carboxylic acids is 2. The number of carbonyl (C=O) groups is 2. The number of imidazole rings is 1. The Labute approximate surface area is 452 Å². The van der Waals surface area contributed by atoms with E-state index in [1.54, 1.807) is 34.5 Å². The van der Waals surface area contributed by atoms with Gasteiger partial charge in [-0.25, -0.2) is 13.6 Å². The van der Waals surface area contributed by atoms with Crippen LogP contribution >= 0.6 is 0 Å². The largest absolute Gasteiger partial charge is 0.508 e. The number of phenols is 1. The molecule has 13 rings (SSSR count). The molecule has 18 heteroatoms. The number of nitrogens with one attached hydrogen (secondary N) is 1. The number of hydrogen-bond acceptors (Lipinski definition) is 13. The molecule has 0 bridgehead atoms. The van der Waals surface area contributed by atoms with Gasteiger partial charge in [0.05, 0.1) is 27.6 Å². The first-order chi connectivity index (χ1) is 37.6. The van der Waals surface area contributed by atoms with Gasteiger partial charge in [-0.15, -0.1) is 0 Å². The Morgan fingerprint density at radius 3 is 2.44 bits per heavy atom. The van der Waals surface area contributed by atoms with Gasteiger partial charge in [-0.2, -0.15) is 9.97 Å². The van der Waals surface area contributed by atoms with Crippen molar-refractivity contribution in [3.05, 3.63) is 81.9 Å². The number of hydrogen-bond donors (Lipinski definition) is 3. The number of halogens is 2. The molecule has 4 atom stereocenters. The van der Waals surface area contributed by atoms with Crippen LogP contribution in [0.4, 0.5) is 14.6 Å². The van der Waals surface area contributed by atoms with Crippen molar-refractivity contribution < 1.29 is 33.3 Å². The van der Waals surface area contributed by atoms with Crippen LogP contribution < -0.4 is 20.6 Å². The van der Waals surface area contributed by atoms with E-state index in [-0.39, 0.29) is 52.1 Å². The van der Waals surface area contributed by atoms with Gasteiger partial charge in [0, 0.05) is 56.9 Å². The molecule has 6 aromatic rings. The van der Waals surface area contributed by atoms with Crippen LogP contribution in [0.2, 0.25) is 0 Å². The average molecular weight is 1070 g/mol. The Balaban J connectivity index is 0.648. The fraction of sp³-hybridized carbons (Fsp3) is 0.567. The second kappa shape index (κ2) is 19.6. The van der Waals surface area contributed by atoms with Crippen LogP contribution in [0.5, 0.6) is 11.8 Å². The number of benzene rings is 3. The van der Waals surface area contributed by atoms with Gasteiger partial charge < -0.3 is 29.6 Å². The number of piperidine rings is 4. The molecule has 1 spiro atoms. The smallest absolute Gasteiger partial charge is 0.329 e. The van der Waals surface area contributed by atoms with Crippen LogP contribution in [-0.4, -0.2) is 143 Å². The van der Waals surface area contributed by atoms with Gasteiger partial charge in [-0.05, 0) is 193 Å². The Morgan fingerprint density at radius 2 is 1.67 bits per heavy atom. The Hall–Kier alpha value is -6.08. The van der Waals surface area contributed by atoms with E-state index in [9.17, 15) is 24.6 Å². The van der Waals surface area contributed by atoms with E-state index in [1.165, 1.54) is 43.4 Å². The highest BCUT2D eigenvalue weighted by Gasteiger charge is 2.52. The summed E-state index contributed by atoms with van der Waals surface area (Å²) in [5.41, 5.74) is 2.52. The first kappa shape index (κ1) is 51.4. The molecule has 7 fully saturated rings. The van der Waals surface area contributed by atoms with Crippen LogP contribution in [0.15, 0.2) is 53.5 Å². The number of anilines is 1. The number of aryl methyl sites for hydroxylation is 2. The SMILES string of the molecule is CCc1c(F)ccc2cc(O)cc(-c3ncc4c(N5CCC[C@@](C)(O)C5)nc(OC[C@@]56CCCN5C(CN5CCC7(CC5)CC(N5CCC(c8ccc9c(c8)n(C)c(=O)n9C8CCC(=O)NC8=O)CC5)C7)CC6)nc4c3F)c12. The predicted molar refractivity (Wildman–Crippen MR) is 294 cm³/mol. The standard InChI is InChI=1S/C60H72F2N10O6/c1-4-42-45(61)9-7-38-27-41(73)29-43(50(38)42)52-51(62)53-44(32-63-52)54(70-21-5-16-58(2,77)34-70)66-56(65-53)78-35-60-17-6-22-71(60)39(13-18-60)33-68-25-19-59(20-26-68)30-40(31-59)69-23-14-36(15-24-69)37-8-10-46-48(28-37)67(3)57(76)72(46)47-11-12-49(74)64-55(47)75/h7-10,27-29,32,36,39-40,47,73,77H,4-6,11-26,30-31,33-35H2,1-3H3,(H,64,74,75)/t39?,47?,58-,60+/m1/s1. The molecule has 7 aliphatic rings. The Morgan fingerprint density at radius 1 is 0.872 bits per heavy atom. The summed E-state index contributed by atoms with van der Waals surface area (Å²) in [7, 11) is 1.76. The predicted octanol–water partition coefficient (Wildman–Crippen LogP) is 7.87. The molecular formula is C60H72F2N10O6. The van der Waals surface area contributed by atoms with E-state index < -0.39 is 29.2 Å². The van der Waals surface area contributed by atoms with Crippen molar-refractivity contribution in [2.75, 3.05) is 63.9 Å². The zero-order valence-electron chi connectivity index (χ0n) is 45.2. The minimum absolute atomic E-state index is 0.0231. The molecule has 1 saturated carbocycles. The molecule has 2 amide bonds. The Bertz CT molecular complexity index is 3430. The number of β-amino-alcohol motifs (C(OH)–C–C–N with tert-alkyl or cyclic N) is 1. The lowest BCUT2D eigenvalue weighted by atomic mass is 9.59. The molecule has 6 aliphatic heterocycles. The van der Waals surface area contributed by atoms with Gasteiger partial charge in [-0.3, -0.25) is 33.9 Å². The summed E-state index contributed by atoms with van der Waals surface area (Å²) in [4.78, 5) is 62.4. The van der Waals surface area contributed by atoms with Gasteiger partial charge in [0.2, 0.25) is 11.8 Å². The number of nitrogens with zero attached hydrogens (tertiary/aromatic N) is 9. The number of aromatic hydroxyl groups is 1. The van der Waals surface area contributed by atoms with Crippen molar-refractivity contribution in [3.63, 3.8) is 0 Å².